The number of aromatic carboxylic acids is 1. The third kappa shape index (κ3) is 3.19. The van der Waals surface area contributed by atoms with Crippen LogP contribution in [-0.4, -0.2) is 61.4 Å². The van der Waals surface area contributed by atoms with Crippen molar-refractivity contribution in [3.8, 4) is 0 Å². The van der Waals surface area contributed by atoms with E-state index in [-0.39, 0.29) is 26.5 Å². The summed E-state index contributed by atoms with van der Waals surface area (Å²) in [5.41, 5.74) is 0.604. The van der Waals surface area contributed by atoms with Crippen molar-refractivity contribution in [3.63, 3.8) is 0 Å². The number of ketones is 1. The van der Waals surface area contributed by atoms with E-state index in [4.69, 9.17) is 0 Å². The smallest absolute Gasteiger partial charge is 0.335 e. The molecule has 0 spiro atoms. The highest BCUT2D eigenvalue weighted by Crippen LogP contribution is 2.37. The molecule has 5 rings (SSSR count). The van der Waals surface area contributed by atoms with Crippen molar-refractivity contribution in [2.45, 2.75) is 9.79 Å². The highest BCUT2D eigenvalue weighted by molar-refractivity contribution is 7.91. The Hall–Kier alpha value is -3.79. The second-order valence-corrected chi connectivity index (χ2v) is 9.45. The van der Waals surface area contributed by atoms with Gasteiger partial charge in [0.05, 0.1) is 21.6 Å². The van der Waals surface area contributed by atoms with Gasteiger partial charge < -0.3 is 14.9 Å². The molecule has 1 aromatic heterocycles. The van der Waals surface area contributed by atoms with E-state index >= 15 is 0 Å². The topological polar surface area (TPSA) is 121 Å². The minimum absolute atomic E-state index is 0.00663. The molecule has 0 amide bonds. The number of anilines is 2. The van der Waals surface area contributed by atoms with Crippen molar-refractivity contribution in [3.05, 3.63) is 71.7 Å². The monoisotopic (exact) mass is 450 g/mol. The van der Waals surface area contributed by atoms with Gasteiger partial charge in [0.2, 0.25) is 9.84 Å². The first kappa shape index (κ1) is 20.1. The van der Waals surface area contributed by atoms with Crippen LogP contribution in [0.15, 0.2) is 64.8 Å². The number of benzene rings is 2. The minimum Gasteiger partial charge on any atom is -0.478 e. The highest BCUT2D eigenvalue weighted by Gasteiger charge is 2.36. The maximum Gasteiger partial charge on any atom is 0.335 e. The van der Waals surface area contributed by atoms with Crippen LogP contribution in [0.1, 0.15) is 26.3 Å². The Morgan fingerprint density at radius 3 is 2.22 bits per heavy atom. The fourth-order valence-corrected chi connectivity index (χ4v) is 5.79. The van der Waals surface area contributed by atoms with E-state index in [9.17, 15) is 23.1 Å². The molecule has 162 valence electrons. The maximum absolute atomic E-state index is 13.3. The van der Waals surface area contributed by atoms with E-state index < -0.39 is 21.6 Å². The van der Waals surface area contributed by atoms with Crippen LogP contribution in [0, 0.1) is 0 Å². The second-order valence-electron chi connectivity index (χ2n) is 7.57. The van der Waals surface area contributed by atoms with Gasteiger partial charge in [0.15, 0.2) is 5.78 Å². The fraction of sp³-hybridized carbons (Fsp3) is 0.182. The van der Waals surface area contributed by atoms with Gasteiger partial charge in [-0.15, -0.1) is 0 Å². The number of carboxylic acid groups (broad SMARTS) is 1. The quantitative estimate of drug-likeness (QED) is 0.499. The number of nitrogens with zero attached hydrogens (tertiary/aromatic N) is 4. The molecule has 0 bridgehead atoms. The van der Waals surface area contributed by atoms with E-state index in [1.165, 1.54) is 24.3 Å². The van der Waals surface area contributed by atoms with Gasteiger partial charge in [0.1, 0.15) is 5.82 Å². The molecule has 2 aromatic carbocycles. The van der Waals surface area contributed by atoms with Crippen LogP contribution in [0.25, 0.3) is 0 Å². The molecule has 3 aromatic rings. The van der Waals surface area contributed by atoms with Crippen LogP contribution >= 0.6 is 0 Å². The van der Waals surface area contributed by atoms with E-state index in [1.54, 1.807) is 24.7 Å². The van der Waals surface area contributed by atoms with Crippen LogP contribution in [0.2, 0.25) is 0 Å². The number of carbonyl (C=O) groups is 2. The lowest BCUT2D eigenvalue weighted by Gasteiger charge is -2.37. The Balaban J connectivity index is 1.47. The third-order valence-electron chi connectivity index (χ3n) is 5.78. The summed E-state index contributed by atoms with van der Waals surface area (Å²) in [4.78, 5) is 36.4. The number of piperazine rings is 1. The van der Waals surface area contributed by atoms with Gasteiger partial charge >= 0.3 is 5.97 Å². The van der Waals surface area contributed by atoms with Crippen LogP contribution in [-0.2, 0) is 9.84 Å². The molecule has 3 heterocycles. The molecule has 2 aliphatic rings. The third-order valence-corrected chi connectivity index (χ3v) is 7.61. The average molecular weight is 450 g/mol. The van der Waals surface area contributed by atoms with Crippen LogP contribution in [0.3, 0.4) is 0 Å². The van der Waals surface area contributed by atoms with Gasteiger partial charge in [-0.05, 0) is 36.4 Å². The van der Waals surface area contributed by atoms with Crippen molar-refractivity contribution in [1.82, 2.24) is 9.97 Å². The van der Waals surface area contributed by atoms with Gasteiger partial charge in [-0.3, -0.25) is 9.78 Å². The normalized spacial score (nSPS) is 16.9. The van der Waals surface area contributed by atoms with Crippen LogP contribution in [0.5, 0.6) is 0 Å². The lowest BCUT2D eigenvalue weighted by atomic mass is 10.0. The summed E-state index contributed by atoms with van der Waals surface area (Å²) in [6.45, 7) is 2.66. The molecule has 10 heteroatoms. The van der Waals surface area contributed by atoms with Crippen molar-refractivity contribution >= 4 is 33.1 Å². The van der Waals surface area contributed by atoms with E-state index in [2.05, 4.69) is 19.8 Å². The molecule has 1 N–H and O–H groups in total. The number of rotatable bonds is 3. The molecule has 1 fully saturated rings. The molecule has 0 radical (unpaired) electrons. The lowest BCUT2D eigenvalue weighted by molar-refractivity contribution is 0.0696. The molecular weight excluding hydrogens is 432 g/mol. The molecule has 0 atom stereocenters. The van der Waals surface area contributed by atoms with Crippen LogP contribution < -0.4 is 9.80 Å². The molecule has 1 saturated heterocycles. The maximum atomic E-state index is 13.3. The zero-order chi connectivity index (χ0) is 22.5. The number of carboxylic acids is 1. The van der Waals surface area contributed by atoms with Crippen molar-refractivity contribution in [1.29, 1.82) is 0 Å². The Morgan fingerprint density at radius 1 is 0.906 bits per heavy atom. The summed E-state index contributed by atoms with van der Waals surface area (Å²) in [6, 6.07) is 8.36. The molecule has 32 heavy (non-hydrogen) atoms. The predicted molar refractivity (Wildman–Crippen MR) is 115 cm³/mol. The average Bonchev–Trinajstić information content (AvgIpc) is 2.83. The predicted octanol–water partition coefficient (Wildman–Crippen LogP) is 1.88. The van der Waals surface area contributed by atoms with Gasteiger partial charge in [0, 0.05) is 55.4 Å². The van der Waals surface area contributed by atoms with Crippen molar-refractivity contribution in [2.24, 2.45) is 0 Å². The van der Waals surface area contributed by atoms with E-state index in [0.717, 1.165) is 11.9 Å². The Kier molecular flexibility index (Phi) is 4.66. The standard InChI is InChI=1S/C22H18N4O5S/c27-21-16-3-1-14(22(28)29)11-18(16)32(30,31)19-12-15(2-4-17(19)21)25-7-9-26(10-8-25)20-13-23-5-6-24-20/h1-6,11-13H,7-10H2,(H,28,29). The number of aromatic nitrogens is 2. The number of hydrogen-bond donors (Lipinski definition) is 1. The lowest BCUT2D eigenvalue weighted by Crippen LogP contribution is -2.47. The van der Waals surface area contributed by atoms with Crippen molar-refractivity contribution < 1.29 is 23.1 Å². The van der Waals surface area contributed by atoms with Gasteiger partial charge in [-0.1, -0.05) is 0 Å². The van der Waals surface area contributed by atoms with E-state index in [1.807, 2.05) is 0 Å². The molecule has 0 aliphatic carbocycles. The largest absolute Gasteiger partial charge is 0.478 e. The fourth-order valence-electron chi connectivity index (χ4n) is 4.09. The van der Waals surface area contributed by atoms with Gasteiger partial charge in [-0.2, -0.15) is 0 Å². The summed E-state index contributed by atoms with van der Waals surface area (Å²) in [5.74, 6) is -0.895. The molecule has 0 saturated carbocycles. The molecule has 2 aliphatic heterocycles. The van der Waals surface area contributed by atoms with Crippen LogP contribution in [0.4, 0.5) is 11.5 Å². The van der Waals surface area contributed by atoms with Crippen molar-refractivity contribution in [2.75, 3.05) is 36.0 Å². The SMILES string of the molecule is O=C(O)c1ccc2c(c1)S(=O)(=O)c1cc(N3CCN(c4cnccn4)CC3)ccc1C2=O. The Bertz CT molecular complexity index is 1350. The number of fused-ring (bicyclic) bond motifs is 2. The number of carbonyl (C=O) groups excluding carboxylic acids is 1. The minimum atomic E-state index is -4.04. The zero-order valence-corrected chi connectivity index (χ0v) is 17.6. The summed E-state index contributed by atoms with van der Waals surface area (Å²) < 4.78 is 26.6. The Labute approximate surface area is 183 Å². The molecule has 0 unspecified atom stereocenters. The first-order valence-electron chi connectivity index (χ1n) is 9.93. The summed E-state index contributed by atoms with van der Waals surface area (Å²) in [7, 11) is -4.04. The number of sulfone groups is 1. The first-order chi connectivity index (χ1) is 15.4. The number of hydrogen-bond acceptors (Lipinski definition) is 8. The second kappa shape index (κ2) is 7.41. The molecule has 9 nitrogen and oxygen atoms in total. The summed E-state index contributed by atoms with van der Waals surface area (Å²) >= 11 is 0. The molecular formula is C22H18N4O5S. The first-order valence-corrected chi connectivity index (χ1v) is 11.4. The summed E-state index contributed by atoms with van der Waals surface area (Å²) in [6.07, 6.45) is 4.96. The summed E-state index contributed by atoms with van der Waals surface area (Å²) in [5, 5.41) is 9.24. The Morgan fingerprint density at radius 2 is 1.56 bits per heavy atom. The van der Waals surface area contributed by atoms with E-state index in [0.29, 0.717) is 31.9 Å². The van der Waals surface area contributed by atoms with Gasteiger partial charge in [-0.25, -0.2) is 18.2 Å². The zero-order valence-electron chi connectivity index (χ0n) is 16.8. The highest BCUT2D eigenvalue weighted by atomic mass is 32.2. The van der Waals surface area contributed by atoms with Gasteiger partial charge in [0.25, 0.3) is 0 Å².